The topological polar surface area (TPSA) is 79.0 Å². The lowest BCUT2D eigenvalue weighted by Gasteiger charge is -2.33. The van der Waals surface area contributed by atoms with Crippen LogP contribution in [-0.2, 0) is 32.6 Å². The zero-order valence-electron chi connectivity index (χ0n) is 19.2. The third kappa shape index (κ3) is 6.00. The quantitative estimate of drug-likeness (QED) is 0.672. The third-order valence-electron chi connectivity index (χ3n) is 6.30. The van der Waals surface area contributed by atoms with Crippen molar-refractivity contribution in [1.82, 2.24) is 14.5 Å². The summed E-state index contributed by atoms with van der Waals surface area (Å²) in [5.41, 5.74) is 2.21. The molecule has 1 N–H and O–H groups in total. The van der Waals surface area contributed by atoms with Crippen LogP contribution in [0.2, 0.25) is 0 Å². The largest absolute Gasteiger partial charge is 0.376 e. The van der Waals surface area contributed by atoms with E-state index in [2.05, 4.69) is 29.3 Å². The Balaban J connectivity index is 1.39. The Bertz CT molecular complexity index is 1040. The number of rotatable bonds is 7. The van der Waals surface area contributed by atoms with E-state index in [1.165, 1.54) is 9.87 Å². The molecule has 0 aliphatic carbocycles. The van der Waals surface area contributed by atoms with Crippen molar-refractivity contribution in [2.75, 3.05) is 26.2 Å². The van der Waals surface area contributed by atoms with E-state index in [1.807, 2.05) is 12.1 Å². The number of hydrogen-bond donors (Lipinski definition) is 1. The van der Waals surface area contributed by atoms with Gasteiger partial charge in [-0.25, -0.2) is 8.42 Å². The summed E-state index contributed by atoms with van der Waals surface area (Å²) in [4.78, 5) is 15.7. The lowest BCUT2D eigenvalue weighted by atomic mass is 10.0. The van der Waals surface area contributed by atoms with Crippen LogP contribution in [0.1, 0.15) is 37.3 Å². The minimum absolute atomic E-state index is 0.231. The van der Waals surface area contributed by atoms with E-state index in [4.69, 9.17) is 4.74 Å². The molecule has 2 heterocycles. The van der Waals surface area contributed by atoms with Gasteiger partial charge in [0.05, 0.1) is 17.6 Å². The van der Waals surface area contributed by atoms with Crippen molar-refractivity contribution in [2.45, 2.75) is 56.3 Å². The summed E-state index contributed by atoms with van der Waals surface area (Å²) < 4.78 is 33.3. The average molecular weight is 472 g/mol. The second kappa shape index (κ2) is 10.8. The summed E-state index contributed by atoms with van der Waals surface area (Å²) in [6.07, 6.45) is 2.38. The highest BCUT2D eigenvalue weighted by atomic mass is 32.2. The first-order valence-electron chi connectivity index (χ1n) is 11.7. The Labute approximate surface area is 196 Å². The number of morpholine rings is 1. The molecule has 33 heavy (non-hydrogen) atoms. The van der Waals surface area contributed by atoms with Crippen LogP contribution in [0.5, 0.6) is 0 Å². The molecule has 2 aliphatic heterocycles. The second-order valence-electron chi connectivity index (χ2n) is 8.89. The predicted octanol–water partition coefficient (Wildman–Crippen LogP) is 2.77. The number of benzene rings is 2. The van der Waals surface area contributed by atoms with Gasteiger partial charge in [0, 0.05) is 32.7 Å². The molecular weight excluding hydrogens is 438 g/mol. The van der Waals surface area contributed by atoms with Crippen molar-refractivity contribution in [3.8, 4) is 0 Å². The highest BCUT2D eigenvalue weighted by molar-refractivity contribution is 7.89. The summed E-state index contributed by atoms with van der Waals surface area (Å²) in [6.45, 7) is 6.25. The molecule has 0 aromatic heterocycles. The summed E-state index contributed by atoms with van der Waals surface area (Å²) in [7, 11) is -3.71. The lowest BCUT2D eigenvalue weighted by Crippen LogP contribution is -2.51. The molecule has 0 saturated carbocycles. The van der Waals surface area contributed by atoms with Gasteiger partial charge in [-0.05, 0) is 43.0 Å². The summed E-state index contributed by atoms with van der Waals surface area (Å²) >= 11 is 0. The molecule has 1 amide bonds. The molecule has 0 bridgehead atoms. The van der Waals surface area contributed by atoms with Crippen LogP contribution in [-0.4, -0.2) is 61.9 Å². The second-order valence-corrected chi connectivity index (χ2v) is 10.8. The average Bonchev–Trinajstić information content (AvgIpc) is 2.83. The molecule has 2 aliphatic rings. The molecule has 178 valence electrons. The fourth-order valence-electron chi connectivity index (χ4n) is 4.62. The number of carbonyl (C=O) groups is 1. The van der Waals surface area contributed by atoms with Gasteiger partial charge < -0.3 is 10.1 Å². The first-order valence-corrected chi connectivity index (χ1v) is 13.1. The molecule has 8 heteroatoms. The number of sulfonamides is 1. The first kappa shape index (κ1) is 23.9. The monoisotopic (exact) mass is 471 g/mol. The van der Waals surface area contributed by atoms with E-state index in [0.717, 1.165) is 44.6 Å². The van der Waals surface area contributed by atoms with Gasteiger partial charge in [0.2, 0.25) is 15.9 Å². The van der Waals surface area contributed by atoms with E-state index < -0.39 is 16.1 Å². The molecule has 2 saturated heterocycles. The Morgan fingerprint density at radius 1 is 1.06 bits per heavy atom. The maximum absolute atomic E-state index is 13.2. The number of amides is 1. The van der Waals surface area contributed by atoms with Gasteiger partial charge in [-0.15, -0.1) is 0 Å². The van der Waals surface area contributed by atoms with Crippen LogP contribution < -0.4 is 5.32 Å². The molecule has 2 aromatic rings. The van der Waals surface area contributed by atoms with Crippen molar-refractivity contribution >= 4 is 15.9 Å². The van der Waals surface area contributed by atoms with E-state index >= 15 is 0 Å². The van der Waals surface area contributed by atoms with Gasteiger partial charge in [-0.2, -0.15) is 4.31 Å². The minimum atomic E-state index is -3.71. The zero-order chi connectivity index (χ0) is 23.3. The standard InChI is InChI=1S/C25H33N3O4S/c1-20-18-27(14-15-32-20)19-22-9-7-8-21(16-22)17-26-25(29)24-12-5-6-13-28(24)33(30,31)23-10-3-2-4-11-23/h2-4,7-11,16,20,24H,5-6,12-15,17-19H2,1H3,(H,26,29). The Morgan fingerprint density at radius 3 is 2.64 bits per heavy atom. The maximum atomic E-state index is 13.2. The lowest BCUT2D eigenvalue weighted by molar-refractivity contribution is -0.125. The van der Waals surface area contributed by atoms with Gasteiger partial charge in [-0.3, -0.25) is 9.69 Å². The molecule has 2 atom stereocenters. The Kier molecular flexibility index (Phi) is 7.80. The minimum Gasteiger partial charge on any atom is -0.376 e. The van der Waals surface area contributed by atoms with Gasteiger partial charge in [-0.1, -0.05) is 48.9 Å². The molecule has 2 aromatic carbocycles. The van der Waals surface area contributed by atoms with Crippen molar-refractivity contribution in [2.24, 2.45) is 0 Å². The molecule has 0 spiro atoms. The van der Waals surface area contributed by atoms with Gasteiger partial charge in [0.1, 0.15) is 6.04 Å². The van der Waals surface area contributed by atoms with E-state index in [0.29, 0.717) is 19.5 Å². The van der Waals surface area contributed by atoms with Crippen molar-refractivity contribution < 1.29 is 17.9 Å². The fourth-order valence-corrected chi connectivity index (χ4v) is 6.30. The number of nitrogens with zero attached hydrogens (tertiary/aromatic N) is 2. The van der Waals surface area contributed by atoms with E-state index in [-0.39, 0.29) is 16.9 Å². The third-order valence-corrected chi connectivity index (χ3v) is 8.22. The van der Waals surface area contributed by atoms with Gasteiger partial charge in [0.15, 0.2) is 0 Å². The van der Waals surface area contributed by atoms with Crippen LogP contribution in [0, 0.1) is 0 Å². The first-order chi connectivity index (χ1) is 15.9. The Morgan fingerprint density at radius 2 is 1.85 bits per heavy atom. The number of piperidine rings is 1. The maximum Gasteiger partial charge on any atom is 0.243 e. The van der Waals surface area contributed by atoms with Crippen molar-refractivity contribution in [3.05, 3.63) is 65.7 Å². The number of ether oxygens (including phenoxy) is 1. The van der Waals surface area contributed by atoms with Crippen LogP contribution >= 0.6 is 0 Å². The number of hydrogen-bond acceptors (Lipinski definition) is 5. The normalized spacial score (nSPS) is 22.7. The predicted molar refractivity (Wildman–Crippen MR) is 127 cm³/mol. The van der Waals surface area contributed by atoms with E-state index in [9.17, 15) is 13.2 Å². The molecule has 4 rings (SSSR count). The van der Waals surface area contributed by atoms with Crippen molar-refractivity contribution in [3.63, 3.8) is 0 Å². The molecule has 2 fully saturated rings. The van der Waals surface area contributed by atoms with Gasteiger partial charge >= 0.3 is 0 Å². The zero-order valence-corrected chi connectivity index (χ0v) is 20.0. The smallest absolute Gasteiger partial charge is 0.243 e. The molecular formula is C25H33N3O4S. The summed E-state index contributed by atoms with van der Waals surface area (Å²) in [5.74, 6) is -0.235. The molecule has 2 unspecified atom stereocenters. The Hall–Kier alpha value is -2.26. The van der Waals surface area contributed by atoms with Crippen LogP contribution in [0.15, 0.2) is 59.5 Å². The van der Waals surface area contributed by atoms with Crippen molar-refractivity contribution in [1.29, 1.82) is 0 Å². The van der Waals surface area contributed by atoms with Gasteiger partial charge in [0.25, 0.3) is 0 Å². The fraction of sp³-hybridized carbons (Fsp3) is 0.480. The van der Waals surface area contributed by atoms with Crippen LogP contribution in [0.25, 0.3) is 0 Å². The summed E-state index contributed by atoms with van der Waals surface area (Å²) in [5, 5.41) is 2.98. The highest BCUT2D eigenvalue weighted by Crippen LogP contribution is 2.25. The van der Waals surface area contributed by atoms with Crippen LogP contribution in [0.4, 0.5) is 0 Å². The number of nitrogens with one attached hydrogen (secondary N) is 1. The highest BCUT2D eigenvalue weighted by Gasteiger charge is 2.37. The molecule has 0 radical (unpaired) electrons. The van der Waals surface area contributed by atoms with Crippen LogP contribution in [0.3, 0.4) is 0 Å². The molecule has 7 nitrogen and oxygen atoms in total. The summed E-state index contributed by atoms with van der Waals surface area (Å²) in [6, 6.07) is 15.9. The SMILES string of the molecule is CC1CN(Cc2cccc(CNC(=O)C3CCCCN3S(=O)(=O)c3ccccc3)c2)CCO1. The number of carbonyl (C=O) groups excluding carboxylic acids is 1. The van der Waals surface area contributed by atoms with E-state index in [1.54, 1.807) is 30.3 Å².